The number of carbonyl (C=O) groups is 1. The zero-order valence-corrected chi connectivity index (χ0v) is 21.7. The van der Waals surface area contributed by atoms with E-state index < -0.39 is 0 Å². The topological polar surface area (TPSA) is 63.2 Å². The van der Waals surface area contributed by atoms with Crippen LogP contribution in [0.3, 0.4) is 0 Å². The zero-order valence-electron chi connectivity index (χ0n) is 19.4. The standard InChI is InChI=1S/C21H42N6O.HI/c1-20(2,3)24-18(28)16-26(6)19(22-4)23-17-21(10-14-25(5)15-11-21)27-12-8-7-9-13-27;/h7-17H2,1-6H3,(H,22,23)(H,24,28);1H. The summed E-state index contributed by atoms with van der Waals surface area (Å²) in [6, 6.07) is 0. The van der Waals surface area contributed by atoms with Crippen molar-refractivity contribution in [2.24, 2.45) is 4.99 Å². The fourth-order valence-corrected chi connectivity index (χ4v) is 4.38. The lowest BCUT2D eigenvalue weighted by molar-refractivity contribution is -0.122. The average Bonchev–Trinajstić information content (AvgIpc) is 2.63. The van der Waals surface area contributed by atoms with Gasteiger partial charge in [-0.25, -0.2) is 0 Å². The molecule has 0 saturated carbocycles. The number of nitrogens with zero attached hydrogens (tertiary/aromatic N) is 4. The number of likely N-dealkylation sites (N-methyl/N-ethyl adjacent to an activating group) is 1. The van der Waals surface area contributed by atoms with Crippen molar-refractivity contribution in [1.82, 2.24) is 25.3 Å². The summed E-state index contributed by atoms with van der Waals surface area (Å²) in [5.74, 6) is 0.808. The minimum atomic E-state index is -0.221. The number of hydrogen-bond donors (Lipinski definition) is 2. The van der Waals surface area contributed by atoms with Crippen molar-refractivity contribution in [2.45, 2.75) is 64.0 Å². The fourth-order valence-electron chi connectivity index (χ4n) is 4.38. The molecular formula is C21H43IN6O. The van der Waals surface area contributed by atoms with Crippen LogP contribution >= 0.6 is 24.0 Å². The van der Waals surface area contributed by atoms with Gasteiger partial charge < -0.3 is 20.4 Å². The van der Waals surface area contributed by atoms with Gasteiger partial charge >= 0.3 is 0 Å². The van der Waals surface area contributed by atoms with E-state index in [0.29, 0.717) is 6.54 Å². The largest absolute Gasteiger partial charge is 0.354 e. The van der Waals surface area contributed by atoms with Crippen LogP contribution in [0.1, 0.15) is 52.9 Å². The molecule has 0 radical (unpaired) electrons. The summed E-state index contributed by atoms with van der Waals surface area (Å²) < 4.78 is 0. The van der Waals surface area contributed by atoms with Crippen LogP contribution in [0.5, 0.6) is 0 Å². The van der Waals surface area contributed by atoms with E-state index in [4.69, 9.17) is 0 Å². The highest BCUT2D eigenvalue weighted by molar-refractivity contribution is 14.0. The van der Waals surface area contributed by atoms with Crippen molar-refractivity contribution in [3.63, 3.8) is 0 Å². The van der Waals surface area contributed by atoms with E-state index in [1.54, 1.807) is 7.05 Å². The molecule has 2 aliphatic rings. The minimum Gasteiger partial charge on any atom is -0.354 e. The van der Waals surface area contributed by atoms with Gasteiger partial charge in [-0.1, -0.05) is 6.42 Å². The summed E-state index contributed by atoms with van der Waals surface area (Å²) in [6.07, 6.45) is 6.33. The van der Waals surface area contributed by atoms with Crippen molar-refractivity contribution in [3.8, 4) is 0 Å². The Balaban J connectivity index is 0.00000420. The van der Waals surface area contributed by atoms with E-state index in [0.717, 1.165) is 25.6 Å². The third-order valence-corrected chi connectivity index (χ3v) is 5.99. The normalized spacial score (nSPS) is 21.2. The minimum absolute atomic E-state index is 0. The van der Waals surface area contributed by atoms with Crippen LogP contribution in [-0.2, 0) is 4.79 Å². The Hall–Kier alpha value is -0.610. The van der Waals surface area contributed by atoms with Gasteiger partial charge in [-0.3, -0.25) is 14.7 Å². The fraction of sp³-hybridized carbons (Fsp3) is 0.905. The number of nitrogens with one attached hydrogen (secondary N) is 2. The SMILES string of the molecule is CN=C(NCC1(N2CCCCC2)CCN(C)CC1)N(C)CC(=O)NC(C)(C)C.I. The first-order chi connectivity index (χ1) is 13.1. The van der Waals surface area contributed by atoms with Crippen LogP contribution < -0.4 is 10.6 Å². The summed E-state index contributed by atoms with van der Waals surface area (Å²) >= 11 is 0. The molecule has 0 aromatic heterocycles. The summed E-state index contributed by atoms with van der Waals surface area (Å²) in [7, 11) is 5.94. The Morgan fingerprint density at radius 3 is 2.21 bits per heavy atom. The second-order valence-corrected chi connectivity index (χ2v) is 9.63. The lowest BCUT2D eigenvalue weighted by Crippen LogP contribution is -2.62. The highest BCUT2D eigenvalue weighted by atomic mass is 127. The van der Waals surface area contributed by atoms with Gasteiger partial charge in [0.25, 0.3) is 0 Å². The summed E-state index contributed by atoms with van der Waals surface area (Å²) in [4.78, 5) is 23.8. The molecule has 0 unspecified atom stereocenters. The van der Waals surface area contributed by atoms with E-state index in [-0.39, 0.29) is 41.0 Å². The first kappa shape index (κ1) is 26.4. The number of aliphatic imine (C=N–C) groups is 1. The third kappa shape index (κ3) is 8.20. The highest BCUT2D eigenvalue weighted by Gasteiger charge is 2.39. The predicted octanol–water partition coefficient (Wildman–Crippen LogP) is 1.98. The maximum absolute atomic E-state index is 12.3. The number of guanidine groups is 1. The van der Waals surface area contributed by atoms with E-state index in [1.165, 1.54) is 45.2 Å². The Labute approximate surface area is 195 Å². The molecule has 2 saturated heterocycles. The second-order valence-electron chi connectivity index (χ2n) is 9.63. The molecule has 170 valence electrons. The highest BCUT2D eigenvalue weighted by Crippen LogP contribution is 2.30. The number of carbonyl (C=O) groups excluding carboxylic acids is 1. The first-order valence-electron chi connectivity index (χ1n) is 10.8. The van der Waals surface area contributed by atoms with Crippen LogP contribution in [0.2, 0.25) is 0 Å². The van der Waals surface area contributed by atoms with Crippen LogP contribution in [0, 0.1) is 0 Å². The molecule has 0 spiro atoms. The molecule has 0 aromatic rings. The van der Waals surface area contributed by atoms with Crippen LogP contribution in [0.15, 0.2) is 4.99 Å². The van der Waals surface area contributed by atoms with E-state index >= 15 is 0 Å². The quantitative estimate of drug-likeness (QED) is 0.329. The van der Waals surface area contributed by atoms with Gasteiger partial charge in [0.1, 0.15) is 0 Å². The van der Waals surface area contributed by atoms with Gasteiger partial charge in [-0.05, 0) is 79.7 Å². The number of rotatable bonds is 5. The Morgan fingerprint density at radius 2 is 1.69 bits per heavy atom. The van der Waals surface area contributed by atoms with E-state index in [9.17, 15) is 4.79 Å². The molecule has 0 aliphatic carbocycles. The number of hydrogen-bond acceptors (Lipinski definition) is 4. The average molecular weight is 523 g/mol. The number of halogens is 1. The summed E-state index contributed by atoms with van der Waals surface area (Å²) in [5.41, 5.74) is -0.0291. The Kier molecular flexibility index (Phi) is 10.7. The monoisotopic (exact) mass is 522 g/mol. The summed E-state index contributed by atoms with van der Waals surface area (Å²) in [5, 5.41) is 6.62. The molecule has 2 aliphatic heterocycles. The third-order valence-electron chi connectivity index (χ3n) is 5.99. The molecular weight excluding hydrogens is 479 g/mol. The van der Waals surface area contributed by atoms with Gasteiger partial charge in [0.05, 0.1) is 6.54 Å². The van der Waals surface area contributed by atoms with Crippen molar-refractivity contribution in [1.29, 1.82) is 0 Å². The molecule has 7 nitrogen and oxygen atoms in total. The molecule has 2 rings (SSSR count). The summed E-state index contributed by atoms with van der Waals surface area (Å²) in [6.45, 7) is 11.9. The van der Waals surface area contributed by atoms with Gasteiger partial charge in [0.2, 0.25) is 5.91 Å². The molecule has 0 bridgehead atoms. The van der Waals surface area contributed by atoms with Crippen LogP contribution in [-0.4, -0.2) is 98.1 Å². The maximum atomic E-state index is 12.3. The zero-order chi connectivity index (χ0) is 20.8. The van der Waals surface area contributed by atoms with Gasteiger partial charge in [-0.2, -0.15) is 0 Å². The number of piperidine rings is 2. The number of amides is 1. The van der Waals surface area contributed by atoms with Gasteiger partial charge in [-0.15, -0.1) is 24.0 Å². The molecule has 2 heterocycles. The predicted molar refractivity (Wildman–Crippen MR) is 132 cm³/mol. The van der Waals surface area contributed by atoms with Gasteiger partial charge in [0, 0.05) is 31.7 Å². The van der Waals surface area contributed by atoms with E-state index in [1.807, 2.05) is 32.7 Å². The molecule has 8 heteroatoms. The van der Waals surface area contributed by atoms with Crippen molar-refractivity contribution < 1.29 is 4.79 Å². The number of likely N-dealkylation sites (tertiary alicyclic amines) is 2. The lowest BCUT2D eigenvalue weighted by Gasteiger charge is -2.50. The maximum Gasteiger partial charge on any atom is 0.240 e. The molecule has 29 heavy (non-hydrogen) atoms. The second kappa shape index (κ2) is 11.7. The Bertz CT molecular complexity index is 534. The molecule has 1 amide bonds. The van der Waals surface area contributed by atoms with Crippen LogP contribution in [0.25, 0.3) is 0 Å². The van der Waals surface area contributed by atoms with Crippen molar-refractivity contribution in [2.75, 3.05) is 60.4 Å². The van der Waals surface area contributed by atoms with E-state index in [2.05, 4.69) is 32.5 Å². The smallest absolute Gasteiger partial charge is 0.240 e. The lowest BCUT2D eigenvalue weighted by atomic mass is 9.84. The van der Waals surface area contributed by atoms with Gasteiger partial charge in [0.15, 0.2) is 5.96 Å². The first-order valence-corrected chi connectivity index (χ1v) is 10.8. The molecule has 0 aromatic carbocycles. The van der Waals surface area contributed by atoms with Crippen LogP contribution in [0.4, 0.5) is 0 Å². The molecule has 2 N–H and O–H groups in total. The van der Waals surface area contributed by atoms with Crippen molar-refractivity contribution in [3.05, 3.63) is 0 Å². The van der Waals surface area contributed by atoms with Crippen molar-refractivity contribution >= 4 is 35.8 Å². The molecule has 0 atom stereocenters. The Morgan fingerprint density at radius 1 is 1.10 bits per heavy atom. The molecule has 2 fully saturated rings.